The summed E-state index contributed by atoms with van der Waals surface area (Å²) < 4.78 is 1.72. The van der Waals surface area contributed by atoms with Gasteiger partial charge in [0.15, 0.2) is 0 Å². The van der Waals surface area contributed by atoms with Crippen LogP contribution in [0, 0.1) is 17.0 Å². The van der Waals surface area contributed by atoms with Gasteiger partial charge in [-0.3, -0.25) is 14.8 Å². The Morgan fingerprint density at radius 1 is 1.47 bits per heavy atom. The topological polar surface area (TPSA) is 85.9 Å². The summed E-state index contributed by atoms with van der Waals surface area (Å²) in [4.78, 5) is 14.6. The zero-order valence-corrected chi connectivity index (χ0v) is 10.8. The van der Waals surface area contributed by atoms with E-state index in [9.17, 15) is 10.1 Å². The maximum Gasteiger partial charge on any atom is 0.314 e. The van der Waals surface area contributed by atoms with Gasteiger partial charge in [0.25, 0.3) is 0 Å². The summed E-state index contributed by atoms with van der Waals surface area (Å²) in [6, 6.07) is 3.54. The fourth-order valence-corrected chi connectivity index (χ4v) is 1.82. The number of anilines is 1. The van der Waals surface area contributed by atoms with E-state index < -0.39 is 4.92 Å². The van der Waals surface area contributed by atoms with E-state index in [-0.39, 0.29) is 5.69 Å². The van der Waals surface area contributed by atoms with Crippen molar-refractivity contribution in [3.05, 3.63) is 45.9 Å². The second-order valence-corrected chi connectivity index (χ2v) is 4.24. The third-order valence-electron chi connectivity index (χ3n) is 2.75. The predicted octanol–water partition coefficient (Wildman–Crippen LogP) is 1.69. The molecule has 0 saturated heterocycles. The van der Waals surface area contributed by atoms with Crippen LogP contribution in [0.5, 0.6) is 0 Å². The third-order valence-corrected chi connectivity index (χ3v) is 2.75. The Morgan fingerprint density at radius 3 is 2.89 bits per heavy atom. The van der Waals surface area contributed by atoms with Crippen LogP contribution < -0.4 is 5.32 Å². The van der Waals surface area contributed by atoms with Crippen LogP contribution in [0.3, 0.4) is 0 Å². The van der Waals surface area contributed by atoms with Crippen LogP contribution in [0.15, 0.2) is 24.5 Å². The van der Waals surface area contributed by atoms with E-state index in [4.69, 9.17) is 0 Å². The molecule has 0 fully saturated rings. The Kier molecular flexibility index (Phi) is 3.74. The molecule has 19 heavy (non-hydrogen) atoms. The van der Waals surface area contributed by atoms with Gasteiger partial charge in [-0.1, -0.05) is 0 Å². The second-order valence-electron chi connectivity index (χ2n) is 4.24. The lowest BCUT2D eigenvalue weighted by Gasteiger charge is -2.06. The molecule has 0 radical (unpaired) electrons. The summed E-state index contributed by atoms with van der Waals surface area (Å²) >= 11 is 0. The standard InChI is InChI=1S/C12H15N5O2/c1-9-3-6-13-12(11(9)17(18)19)14-7-4-10-5-8-16(2)15-10/h3,5-6,8H,4,7H2,1-2H3,(H,13,14). The van der Waals surface area contributed by atoms with Crippen LogP contribution in [-0.4, -0.2) is 26.2 Å². The highest BCUT2D eigenvalue weighted by molar-refractivity contribution is 5.59. The smallest absolute Gasteiger partial charge is 0.314 e. The number of hydrogen-bond donors (Lipinski definition) is 1. The maximum absolute atomic E-state index is 11.0. The molecule has 0 amide bonds. The zero-order valence-electron chi connectivity index (χ0n) is 10.8. The Hall–Kier alpha value is -2.44. The fraction of sp³-hybridized carbons (Fsp3) is 0.333. The number of nitrogens with zero attached hydrogens (tertiary/aromatic N) is 4. The Morgan fingerprint density at radius 2 is 2.26 bits per heavy atom. The molecule has 7 heteroatoms. The van der Waals surface area contributed by atoms with Crippen molar-refractivity contribution >= 4 is 11.5 Å². The minimum absolute atomic E-state index is 0.0310. The largest absolute Gasteiger partial charge is 0.364 e. The number of rotatable bonds is 5. The van der Waals surface area contributed by atoms with Gasteiger partial charge in [0.05, 0.1) is 10.6 Å². The van der Waals surface area contributed by atoms with Crippen LogP contribution in [0.1, 0.15) is 11.3 Å². The quantitative estimate of drug-likeness (QED) is 0.653. The molecule has 0 saturated carbocycles. The van der Waals surface area contributed by atoms with Gasteiger partial charge in [-0.15, -0.1) is 0 Å². The minimum atomic E-state index is -0.411. The lowest BCUT2D eigenvalue weighted by Crippen LogP contribution is -2.09. The van der Waals surface area contributed by atoms with E-state index in [1.54, 1.807) is 23.9 Å². The number of pyridine rings is 1. The van der Waals surface area contributed by atoms with Crippen LogP contribution in [0.25, 0.3) is 0 Å². The Balaban J connectivity index is 2.03. The minimum Gasteiger partial charge on any atom is -0.364 e. The molecule has 0 unspecified atom stereocenters. The molecule has 0 aliphatic carbocycles. The zero-order chi connectivity index (χ0) is 13.8. The normalized spacial score (nSPS) is 10.4. The highest BCUT2D eigenvalue weighted by Gasteiger charge is 2.17. The van der Waals surface area contributed by atoms with Gasteiger partial charge in [-0.2, -0.15) is 5.10 Å². The molecule has 0 aliphatic heterocycles. The van der Waals surface area contributed by atoms with Crippen molar-refractivity contribution < 1.29 is 4.92 Å². The first-order chi connectivity index (χ1) is 9.08. The number of aryl methyl sites for hydroxylation is 2. The molecule has 0 aromatic carbocycles. The molecule has 2 aromatic heterocycles. The lowest BCUT2D eigenvalue weighted by molar-refractivity contribution is -0.384. The van der Waals surface area contributed by atoms with Crippen molar-refractivity contribution in [2.24, 2.45) is 7.05 Å². The average molecular weight is 261 g/mol. The van der Waals surface area contributed by atoms with Crippen molar-refractivity contribution in [1.82, 2.24) is 14.8 Å². The summed E-state index contributed by atoms with van der Waals surface area (Å²) in [5, 5.41) is 18.2. The Bertz CT molecular complexity index is 594. The van der Waals surface area contributed by atoms with Crippen molar-refractivity contribution in [2.75, 3.05) is 11.9 Å². The highest BCUT2D eigenvalue weighted by Crippen LogP contribution is 2.25. The molecule has 2 heterocycles. The van der Waals surface area contributed by atoms with E-state index in [1.165, 1.54) is 0 Å². The number of nitro groups is 1. The Labute approximate surface area is 110 Å². The molecule has 0 aliphatic rings. The van der Waals surface area contributed by atoms with Gasteiger partial charge in [-0.05, 0) is 19.1 Å². The van der Waals surface area contributed by atoms with E-state index >= 15 is 0 Å². The van der Waals surface area contributed by atoms with Gasteiger partial charge in [0.1, 0.15) is 0 Å². The van der Waals surface area contributed by atoms with Gasteiger partial charge in [0.2, 0.25) is 5.82 Å². The maximum atomic E-state index is 11.0. The van der Waals surface area contributed by atoms with E-state index in [0.29, 0.717) is 24.3 Å². The number of nitrogens with one attached hydrogen (secondary N) is 1. The van der Waals surface area contributed by atoms with E-state index in [1.807, 2.05) is 19.3 Å². The molecule has 100 valence electrons. The summed E-state index contributed by atoms with van der Waals surface area (Å²) in [6.07, 6.45) is 4.11. The van der Waals surface area contributed by atoms with Crippen molar-refractivity contribution in [2.45, 2.75) is 13.3 Å². The predicted molar refractivity (Wildman–Crippen MR) is 71.0 cm³/mol. The first-order valence-corrected chi connectivity index (χ1v) is 5.90. The van der Waals surface area contributed by atoms with Gasteiger partial charge >= 0.3 is 5.69 Å². The van der Waals surface area contributed by atoms with Crippen molar-refractivity contribution in [1.29, 1.82) is 0 Å². The van der Waals surface area contributed by atoms with Crippen molar-refractivity contribution in [3.63, 3.8) is 0 Å². The SMILES string of the molecule is Cc1ccnc(NCCc2ccn(C)n2)c1[N+](=O)[O-]. The highest BCUT2D eigenvalue weighted by atomic mass is 16.6. The van der Waals surface area contributed by atoms with Crippen LogP contribution >= 0.6 is 0 Å². The monoisotopic (exact) mass is 261 g/mol. The molecule has 0 spiro atoms. The van der Waals surface area contributed by atoms with Gasteiger partial charge < -0.3 is 5.32 Å². The summed E-state index contributed by atoms with van der Waals surface area (Å²) in [5.74, 6) is 0.306. The lowest BCUT2D eigenvalue weighted by atomic mass is 10.2. The summed E-state index contributed by atoms with van der Waals surface area (Å²) in [6.45, 7) is 2.25. The molecular weight excluding hydrogens is 246 g/mol. The van der Waals surface area contributed by atoms with Gasteiger partial charge in [-0.25, -0.2) is 4.98 Å². The third kappa shape index (κ3) is 3.06. The van der Waals surface area contributed by atoms with Crippen LogP contribution in [0.4, 0.5) is 11.5 Å². The molecule has 0 bridgehead atoms. The summed E-state index contributed by atoms with van der Waals surface area (Å²) in [5.41, 5.74) is 1.56. The van der Waals surface area contributed by atoms with Crippen LogP contribution in [-0.2, 0) is 13.5 Å². The van der Waals surface area contributed by atoms with E-state index in [2.05, 4.69) is 15.4 Å². The molecule has 2 aromatic rings. The number of aromatic nitrogens is 3. The van der Waals surface area contributed by atoms with E-state index in [0.717, 1.165) is 5.69 Å². The number of hydrogen-bond acceptors (Lipinski definition) is 5. The van der Waals surface area contributed by atoms with Crippen molar-refractivity contribution in [3.8, 4) is 0 Å². The summed E-state index contributed by atoms with van der Waals surface area (Å²) in [7, 11) is 1.85. The molecule has 1 N–H and O–H groups in total. The second kappa shape index (κ2) is 5.47. The molecular formula is C12H15N5O2. The fourth-order valence-electron chi connectivity index (χ4n) is 1.82. The molecule has 2 rings (SSSR count). The van der Waals surface area contributed by atoms with Gasteiger partial charge in [0, 0.05) is 38.0 Å². The first-order valence-electron chi connectivity index (χ1n) is 5.90. The van der Waals surface area contributed by atoms with Crippen LogP contribution in [0.2, 0.25) is 0 Å². The molecule has 7 nitrogen and oxygen atoms in total. The molecule has 0 atom stereocenters. The average Bonchev–Trinajstić information content (AvgIpc) is 2.74. The first kappa shape index (κ1) is 13.0.